The highest BCUT2D eigenvalue weighted by Gasteiger charge is 2.69. The maximum Gasteiger partial charge on any atom is 0.405 e. The zero-order valence-electron chi connectivity index (χ0n) is 7.13. The van der Waals surface area contributed by atoms with E-state index in [1.165, 1.54) is 0 Å². The van der Waals surface area contributed by atoms with E-state index in [2.05, 4.69) is 5.32 Å². The van der Waals surface area contributed by atoms with Gasteiger partial charge in [0.05, 0.1) is 0 Å². The highest BCUT2D eigenvalue weighted by molar-refractivity contribution is 5.67. The number of carboxylic acid groups (broad SMARTS) is 1. The van der Waals surface area contributed by atoms with Gasteiger partial charge < -0.3 is 16.2 Å². The molecule has 4 N–H and O–H groups in total. The first-order valence-electron chi connectivity index (χ1n) is 4.25. The minimum absolute atomic E-state index is 0.0978. The summed E-state index contributed by atoms with van der Waals surface area (Å²) in [5.41, 5.74) is 5.95. The molecule has 3 saturated carbocycles. The topological polar surface area (TPSA) is 75.3 Å². The molecule has 0 spiro atoms. The molecule has 0 aliphatic heterocycles. The SMILES string of the molecule is C[C@@H](N)C12CC(NC(=O)O)(C1)C2. The number of amides is 1. The molecule has 0 saturated heterocycles. The van der Waals surface area contributed by atoms with Crippen molar-refractivity contribution in [2.45, 2.75) is 37.8 Å². The van der Waals surface area contributed by atoms with E-state index in [1.807, 2.05) is 6.92 Å². The third-order valence-corrected chi connectivity index (χ3v) is 3.41. The highest BCUT2D eigenvalue weighted by Crippen LogP contribution is 2.68. The maximum atomic E-state index is 10.4. The Kier molecular flexibility index (Phi) is 1.27. The summed E-state index contributed by atoms with van der Waals surface area (Å²) in [6.45, 7) is 2.00. The molecular weight excluding hydrogens is 156 g/mol. The number of rotatable bonds is 2. The molecule has 3 aliphatic rings. The molecule has 1 atom stereocenters. The van der Waals surface area contributed by atoms with E-state index < -0.39 is 6.09 Å². The monoisotopic (exact) mass is 170 g/mol. The summed E-state index contributed by atoms with van der Waals surface area (Å²) in [6.07, 6.45) is 1.89. The van der Waals surface area contributed by atoms with Gasteiger partial charge in [-0.3, -0.25) is 0 Å². The summed E-state index contributed by atoms with van der Waals surface area (Å²) < 4.78 is 0. The smallest absolute Gasteiger partial charge is 0.405 e. The number of hydrogen-bond donors (Lipinski definition) is 3. The van der Waals surface area contributed by atoms with Gasteiger partial charge in [-0.25, -0.2) is 4.79 Å². The lowest BCUT2D eigenvalue weighted by Gasteiger charge is -2.72. The van der Waals surface area contributed by atoms with Crippen molar-refractivity contribution in [2.24, 2.45) is 11.1 Å². The van der Waals surface area contributed by atoms with Gasteiger partial charge in [0.15, 0.2) is 0 Å². The summed E-state index contributed by atoms with van der Waals surface area (Å²) in [6, 6.07) is 0.204. The van der Waals surface area contributed by atoms with Gasteiger partial charge in [0.2, 0.25) is 0 Å². The Morgan fingerprint density at radius 3 is 2.42 bits per heavy atom. The lowest BCUT2D eigenvalue weighted by Crippen LogP contribution is -2.78. The molecule has 0 unspecified atom stereocenters. The average Bonchev–Trinajstić information content (AvgIpc) is 1.72. The standard InChI is InChI=1S/C8H14N2O2/c1-5(9)7-2-8(3-7,4-7)10-6(11)12/h5,10H,2-4,9H2,1H3,(H,11,12)/t5-,7?,8?/m1/s1. The van der Waals surface area contributed by atoms with E-state index in [9.17, 15) is 4.79 Å². The van der Waals surface area contributed by atoms with E-state index in [-0.39, 0.29) is 17.0 Å². The third-order valence-electron chi connectivity index (χ3n) is 3.41. The fourth-order valence-corrected chi connectivity index (χ4v) is 2.71. The van der Waals surface area contributed by atoms with Crippen molar-refractivity contribution < 1.29 is 9.90 Å². The van der Waals surface area contributed by atoms with Gasteiger partial charge in [-0.1, -0.05) is 0 Å². The van der Waals surface area contributed by atoms with E-state index in [0.29, 0.717) is 0 Å². The van der Waals surface area contributed by atoms with Crippen LogP contribution in [-0.4, -0.2) is 22.8 Å². The summed E-state index contributed by atoms with van der Waals surface area (Å²) in [7, 11) is 0. The van der Waals surface area contributed by atoms with Crippen LogP contribution in [-0.2, 0) is 0 Å². The third kappa shape index (κ3) is 0.784. The van der Waals surface area contributed by atoms with Crippen molar-refractivity contribution in [3.8, 4) is 0 Å². The van der Waals surface area contributed by atoms with Gasteiger partial charge in [0, 0.05) is 11.6 Å². The first-order valence-corrected chi connectivity index (χ1v) is 4.25. The lowest BCUT2D eigenvalue weighted by molar-refractivity contribution is -0.160. The van der Waals surface area contributed by atoms with Crippen LogP contribution >= 0.6 is 0 Å². The van der Waals surface area contributed by atoms with Gasteiger partial charge in [0.1, 0.15) is 0 Å². The number of nitrogens with one attached hydrogen (secondary N) is 1. The van der Waals surface area contributed by atoms with Crippen LogP contribution < -0.4 is 11.1 Å². The van der Waals surface area contributed by atoms with Crippen LogP contribution in [0.2, 0.25) is 0 Å². The lowest BCUT2D eigenvalue weighted by atomic mass is 9.37. The van der Waals surface area contributed by atoms with Crippen LogP contribution in [0.1, 0.15) is 26.2 Å². The molecule has 0 heterocycles. The molecule has 3 fully saturated rings. The molecule has 3 aliphatic carbocycles. The average molecular weight is 170 g/mol. The summed E-state index contributed by atoms with van der Waals surface area (Å²) in [5.74, 6) is 0. The van der Waals surface area contributed by atoms with Gasteiger partial charge in [-0.05, 0) is 31.6 Å². The Labute approximate surface area is 71.1 Å². The zero-order chi connectivity index (χ0) is 8.98. The quantitative estimate of drug-likeness (QED) is 0.565. The molecule has 0 radical (unpaired) electrons. The molecule has 2 bridgehead atoms. The van der Waals surface area contributed by atoms with E-state index in [1.54, 1.807) is 0 Å². The maximum absolute atomic E-state index is 10.4. The van der Waals surface area contributed by atoms with Crippen molar-refractivity contribution >= 4 is 6.09 Å². The van der Waals surface area contributed by atoms with Crippen LogP contribution in [0, 0.1) is 5.41 Å². The summed E-state index contributed by atoms with van der Waals surface area (Å²) in [5, 5.41) is 11.1. The highest BCUT2D eigenvalue weighted by atomic mass is 16.4. The van der Waals surface area contributed by atoms with Crippen LogP contribution in [0.3, 0.4) is 0 Å². The number of nitrogens with two attached hydrogens (primary N) is 1. The molecular formula is C8H14N2O2. The van der Waals surface area contributed by atoms with E-state index in [0.717, 1.165) is 19.3 Å². The molecule has 3 rings (SSSR count). The van der Waals surface area contributed by atoms with Crippen molar-refractivity contribution in [1.29, 1.82) is 0 Å². The molecule has 0 aromatic carbocycles. The second-order valence-electron chi connectivity index (χ2n) is 4.39. The first-order chi connectivity index (χ1) is 5.48. The summed E-state index contributed by atoms with van der Waals surface area (Å²) in [4.78, 5) is 10.4. The van der Waals surface area contributed by atoms with Crippen LogP contribution in [0.4, 0.5) is 4.79 Å². The van der Waals surface area contributed by atoms with Gasteiger partial charge in [0.25, 0.3) is 0 Å². The minimum Gasteiger partial charge on any atom is -0.465 e. The normalized spacial score (nSPS) is 45.5. The second-order valence-corrected chi connectivity index (χ2v) is 4.39. The Morgan fingerprint density at radius 2 is 2.08 bits per heavy atom. The Hall–Kier alpha value is -0.770. The van der Waals surface area contributed by atoms with E-state index >= 15 is 0 Å². The van der Waals surface area contributed by atoms with Crippen molar-refractivity contribution in [2.75, 3.05) is 0 Å². The fourth-order valence-electron chi connectivity index (χ4n) is 2.71. The molecule has 0 aromatic heterocycles. The minimum atomic E-state index is -0.909. The van der Waals surface area contributed by atoms with Crippen molar-refractivity contribution in [3.63, 3.8) is 0 Å². The number of hydrogen-bond acceptors (Lipinski definition) is 2. The Morgan fingerprint density at radius 1 is 1.58 bits per heavy atom. The van der Waals surface area contributed by atoms with Gasteiger partial charge >= 0.3 is 6.09 Å². The molecule has 4 heteroatoms. The fraction of sp³-hybridized carbons (Fsp3) is 0.875. The predicted molar refractivity (Wildman–Crippen MR) is 43.8 cm³/mol. The molecule has 1 amide bonds. The van der Waals surface area contributed by atoms with Crippen molar-refractivity contribution in [3.05, 3.63) is 0 Å². The van der Waals surface area contributed by atoms with Crippen LogP contribution in [0.25, 0.3) is 0 Å². The molecule has 68 valence electrons. The predicted octanol–water partition coefficient (Wildman–Crippen LogP) is 0.524. The molecule has 12 heavy (non-hydrogen) atoms. The Bertz CT molecular complexity index is 217. The summed E-state index contributed by atoms with van der Waals surface area (Å²) >= 11 is 0. The first kappa shape index (κ1) is 7.86. The van der Waals surface area contributed by atoms with Crippen LogP contribution in [0.15, 0.2) is 0 Å². The molecule has 0 aromatic rings. The van der Waals surface area contributed by atoms with Crippen LogP contribution in [0.5, 0.6) is 0 Å². The molecule has 4 nitrogen and oxygen atoms in total. The zero-order valence-corrected chi connectivity index (χ0v) is 7.13. The van der Waals surface area contributed by atoms with Gasteiger partial charge in [-0.2, -0.15) is 0 Å². The largest absolute Gasteiger partial charge is 0.465 e. The number of carbonyl (C=O) groups is 1. The van der Waals surface area contributed by atoms with Crippen molar-refractivity contribution in [1.82, 2.24) is 5.32 Å². The second kappa shape index (κ2) is 1.93. The van der Waals surface area contributed by atoms with E-state index in [4.69, 9.17) is 10.8 Å². The van der Waals surface area contributed by atoms with Gasteiger partial charge in [-0.15, -0.1) is 0 Å². The Balaban J connectivity index is 1.91.